The van der Waals surface area contributed by atoms with E-state index in [1.54, 1.807) is 0 Å². The minimum absolute atomic E-state index is 0.0298. The number of hydrogen-bond acceptors (Lipinski definition) is 6. The first-order chi connectivity index (χ1) is 12.6. The maximum Gasteiger partial charge on any atom is 0.265 e. The summed E-state index contributed by atoms with van der Waals surface area (Å²) < 4.78 is 0. The number of aromatic nitrogens is 3. The number of likely N-dealkylation sites (N-methyl/N-ethyl adjacent to an activating group) is 1. The van der Waals surface area contributed by atoms with E-state index < -0.39 is 0 Å². The van der Waals surface area contributed by atoms with Crippen LogP contribution in [-0.4, -0.2) is 63.9 Å². The lowest BCUT2D eigenvalue weighted by Gasteiger charge is -2.50. The third kappa shape index (κ3) is 2.63. The molecule has 0 aliphatic carbocycles. The molecule has 1 fully saturated rings. The molecule has 2 aromatic rings. The number of nitrogens with zero attached hydrogens (tertiary/aromatic N) is 4. The lowest BCUT2D eigenvalue weighted by molar-refractivity contribution is 0.0104. The standard InChI is InChI=1S/C18H26N6OS/c1-4-24-8-5-13-15(21-11-20-13)18(24)6-9-23(10-7-18)16(25)14-12(2)22-17(19-3)26-14/h11H,4-10H2,1-3H3,(H,19,22)(H,20,21). The van der Waals surface area contributed by atoms with E-state index in [2.05, 4.69) is 32.1 Å². The lowest BCUT2D eigenvalue weighted by Crippen LogP contribution is -2.57. The van der Waals surface area contributed by atoms with E-state index in [-0.39, 0.29) is 11.4 Å². The first-order valence-electron chi connectivity index (χ1n) is 9.31. The number of piperidine rings is 1. The highest BCUT2D eigenvalue weighted by Gasteiger charge is 2.46. The second-order valence-corrected chi connectivity index (χ2v) is 8.07. The van der Waals surface area contributed by atoms with Crippen LogP contribution in [0.2, 0.25) is 0 Å². The molecule has 0 aromatic carbocycles. The summed E-state index contributed by atoms with van der Waals surface area (Å²) in [5, 5.41) is 3.83. The van der Waals surface area contributed by atoms with Crippen LogP contribution in [-0.2, 0) is 12.0 Å². The van der Waals surface area contributed by atoms with Gasteiger partial charge in [-0.25, -0.2) is 9.97 Å². The summed E-state index contributed by atoms with van der Waals surface area (Å²) in [5.41, 5.74) is 3.25. The van der Waals surface area contributed by atoms with Crippen molar-refractivity contribution in [3.8, 4) is 0 Å². The van der Waals surface area contributed by atoms with Gasteiger partial charge in [0.05, 0.1) is 23.3 Å². The third-order valence-electron chi connectivity index (χ3n) is 5.86. The van der Waals surface area contributed by atoms with Crippen molar-refractivity contribution in [2.24, 2.45) is 0 Å². The van der Waals surface area contributed by atoms with Gasteiger partial charge < -0.3 is 15.2 Å². The van der Waals surface area contributed by atoms with Crippen LogP contribution in [0.1, 0.15) is 46.5 Å². The lowest BCUT2D eigenvalue weighted by atomic mass is 9.78. The van der Waals surface area contributed by atoms with Crippen LogP contribution in [0, 0.1) is 6.92 Å². The molecular weight excluding hydrogens is 348 g/mol. The number of aromatic amines is 1. The number of H-pyrrole nitrogens is 1. The number of hydrogen-bond donors (Lipinski definition) is 2. The monoisotopic (exact) mass is 374 g/mol. The molecule has 2 aliphatic heterocycles. The third-order valence-corrected chi connectivity index (χ3v) is 7.02. The number of anilines is 1. The van der Waals surface area contributed by atoms with E-state index in [1.165, 1.54) is 22.7 Å². The number of nitrogens with one attached hydrogen (secondary N) is 2. The Kier molecular flexibility index (Phi) is 4.48. The molecule has 2 aliphatic rings. The first kappa shape index (κ1) is 17.5. The van der Waals surface area contributed by atoms with Crippen LogP contribution in [0.25, 0.3) is 0 Å². The second-order valence-electron chi connectivity index (χ2n) is 7.07. The van der Waals surface area contributed by atoms with Gasteiger partial charge in [0, 0.05) is 38.8 Å². The van der Waals surface area contributed by atoms with Gasteiger partial charge in [0.1, 0.15) is 4.88 Å². The Balaban J connectivity index is 1.55. The molecule has 0 radical (unpaired) electrons. The quantitative estimate of drug-likeness (QED) is 0.861. The van der Waals surface area contributed by atoms with Gasteiger partial charge in [0.25, 0.3) is 5.91 Å². The van der Waals surface area contributed by atoms with Crippen LogP contribution >= 0.6 is 11.3 Å². The summed E-state index contributed by atoms with van der Waals surface area (Å²) in [6, 6.07) is 0. The zero-order valence-corrected chi connectivity index (χ0v) is 16.4. The molecular formula is C18H26N6OS. The summed E-state index contributed by atoms with van der Waals surface area (Å²) in [7, 11) is 1.83. The summed E-state index contributed by atoms with van der Waals surface area (Å²) >= 11 is 1.44. The number of fused-ring (bicyclic) bond motifs is 2. The van der Waals surface area contributed by atoms with E-state index >= 15 is 0 Å². The summed E-state index contributed by atoms with van der Waals surface area (Å²) in [6.45, 7) is 7.71. The highest BCUT2D eigenvalue weighted by molar-refractivity contribution is 7.17. The van der Waals surface area contributed by atoms with Gasteiger partial charge in [-0.1, -0.05) is 18.3 Å². The molecule has 4 heterocycles. The normalized spacial score (nSPS) is 19.6. The number of amides is 1. The first-order valence-corrected chi connectivity index (χ1v) is 10.1. The van der Waals surface area contributed by atoms with Gasteiger partial charge in [0.15, 0.2) is 5.13 Å². The Bertz CT molecular complexity index is 804. The van der Waals surface area contributed by atoms with E-state index in [0.29, 0.717) is 0 Å². The topological polar surface area (TPSA) is 77.2 Å². The van der Waals surface area contributed by atoms with Crippen molar-refractivity contribution in [3.05, 3.63) is 28.3 Å². The molecule has 2 N–H and O–H groups in total. The Morgan fingerprint density at radius 1 is 1.38 bits per heavy atom. The Labute approximate surface area is 157 Å². The molecule has 8 heteroatoms. The van der Waals surface area contributed by atoms with Crippen LogP contribution in [0.3, 0.4) is 0 Å². The number of likely N-dealkylation sites (tertiary alicyclic amines) is 1. The molecule has 2 aromatic heterocycles. The fourth-order valence-electron chi connectivity index (χ4n) is 4.46. The van der Waals surface area contributed by atoms with Crippen LogP contribution in [0.15, 0.2) is 6.33 Å². The van der Waals surface area contributed by atoms with Crippen molar-refractivity contribution in [1.29, 1.82) is 0 Å². The fraction of sp³-hybridized carbons (Fsp3) is 0.611. The van der Waals surface area contributed by atoms with E-state index in [9.17, 15) is 4.79 Å². The van der Waals surface area contributed by atoms with Crippen LogP contribution in [0.4, 0.5) is 5.13 Å². The maximum atomic E-state index is 13.0. The van der Waals surface area contributed by atoms with Crippen molar-refractivity contribution in [1.82, 2.24) is 24.8 Å². The van der Waals surface area contributed by atoms with Gasteiger partial charge in [-0.05, 0) is 26.3 Å². The largest absolute Gasteiger partial charge is 0.365 e. The van der Waals surface area contributed by atoms with Crippen molar-refractivity contribution in [2.75, 3.05) is 38.5 Å². The zero-order chi connectivity index (χ0) is 18.3. The van der Waals surface area contributed by atoms with Gasteiger partial charge in [0.2, 0.25) is 0 Å². The number of carbonyl (C=O) groups is 1. The SMILES string of the molecule is CCN1CCc2[nH]cnc2C12CCN(C(=O)c1sc(NC)nc1C)CC2. The highest BCUT2D eigenvalue weighted by atomic mass is 32.1. The average molecular weight is 375 g/mol. The molecule has 1 spiro atoms. The molecule has 140 valence electrons. The van der Waals surface area contributed by atoms with E-state index in [0.717, 1.165) is 61.1 Å². The number of rotatable bonds is 3. The predicted molar refractivity (Wildman–Crippen MR) is 103 cm³/mol. The minimum Gasteiger partial charge on any atom is -0.365 e. The Morgan fingerprint density at radius 3 is 2.81 bits per heavy atom. The average Bonchev–Trinajstić information content (AvgIpc) is 3.29. The molecule has 1 amide bonds. The maximum absolute atomic E-state index is 13.0. The number of imidazole rings is 1. The van der Waals surface area contributed by atoms with Gasteiger partial charge in [-0.15, -0.1) is 0 Å². The van der Waals surface area contributed by atoms with Gasteiger partial charge in [-0.2, -0.15) is 0 Å². The molecule has 0 unspecified atom stereocenters. The van der Waals surface area contributed by atoms with Crippen molar-refractivity contribution in [2.45, 2.75) is 38.6 Å². The van der Waals surface area contributed by atoms with Crippen LogP contribution < -0.4 is 5.32 Å². The molecule has 0 atom stereocenters. The molecule has 7 nitrogen and oxygen atoms in total. The second kappa shape index (κ2) is 6.66. The van der Waals surface area contributed by atoms with Crippen molar-refractivity contribution >= 4 is 22.4 Å². The summed E-state index contributed by atoms with van der Waals surface area (Å²) in [4.78, 5) is 30.7. The molecule has 1 saturated heterocycles. The highest BCUT2D eigenvalue weighted by Crippen LogP contribution is 2.42. The Hall–Kier alpha value is -1.93. The van der Waals surface area contributed by atoms with Gasteiger partial charge >= 0.3 is 0 Å². The zero-order valence-electron chi connectivity index (χ0n) is 15.6. The predicted octanol–water partition coefficient (Wildman–Crippen LogP) is 2.23. The minimum atomic E-state index is -0.0298. The number of thiazole rings is 1. The van der Waals surface area contributed by atoms with Crippen LogP contribution in [0.5, 0.6) is 0 Å². The smallest absolute Gasteiger partial charge is 0.265 e. The van der Waals surface area contributed by atoms with Crippen molar-refractivity contribution in [3.63, 3.8) is 0 Å². The molecule has 4 rings (SSSR count). The molecule has 0 bridgehead atoms. The van der Waals surface area contributed by atoms with Crippen molar-refractivity contribution < 1.29 is 4.79 Å². The van der Waals surface area contributed by atoms with E-state index in [1.807, 2.05) is 25.2 Å². The molecule has 26 heavy (non-hydrogen) atoms. The summed E-state index contributed by atoms with van der Waals surface area (Å²) in [5.74, 6) is 0.109. The number of aryl methyl sites for hydroxylation is 1. The molecule has 0 saturated carbocycles. The van der Waals surface area contributed by atoms with Gasteiger partial charge in [-0.3, -0.25) is 9.69 Å². The summed E-state index contributed by atoms with van der Waals surface area (Å²) in [6.07, 6.45) is 4.71. The number of carbonyl (C=O) groups excluding carboxylic acids is 1. The Morgan fingerprint density at radius 2 is 2.15 bits per heavy atom. The fourth-order valence-corrected chi connectivity index (χ4v) is 5.35. The van der Waals surface area contributed by atoms with E-state index in [4.69, 9.17) is 0 Å².